The van der Waals surface area contributed by atoms with Gasteiger partial charge in [0.15, 0.2) is 0 Å². The molecule has 0 atom stereocenters. The summed E-state index contributed by atoms with van der Waals surface area (Å²) >= 11 is 6.07. The Morgan fingerprint density at radius 2 is 1.92 bits per heavy atom. The molecule has 0 aliphatic heterocycles. The number of anilines is 2. The van der Waals surface area contributed by atoms with Gasteiger partial charge in [0.1, 0.15) is 0 Å². The van der Waals surface area contributed by atoms with E-state index in [-0.39, 0.29) is 18.4 Å². The van der Waals surface area contributed by atoms with Crippen molar-refractivity contribution < 1.29 is 9.59 Å². The van der Waals surface area contributed by atoms with E-state index >= 15 is 0 Å². The first kappa shape index (κ1) is 17.3. The number of carbonyl (C=O) groups excluding carboxylic acids is 2. The van der Waals surface area contributed by atoms with Gasteiger partial charge >= 0.3 is 0 Å². The van der Waals surface area contributed by atoms with Crippen molar-refractivity contribution in [3.05, 3.63) is 58.6 Å². The van der Waals surface area contributed by atoms with Gasteiger partial charge in [0, 0.05) is 28.0 Å². The van der Waals surface area contributed by atoms with Gasteiger partial charge < -0.3 is 16.0 Å². The van der Waals surface area contributed by atoms with Crippen LogP contribution in [0.1, 0.15) is 28.8 Å². The fraction of sp³-hybridized carbons (Fsp3) is 0.263. The summed E-state index contributed by atoms with van der Waals surface area (Å²) in [5.74, 6) is -0.301. The minimum Gasteiger partial charge on any atom is -0.376 e. The third kappa shape index (κ3) is 4.73. The molecule has 5 nitrogen and oxygen atoms in total. The summed E-state index contributed by atoms with van der Waals surface area (Å²) in [5, 5.41) is 9.45. The molecule has 1 aliphatic carbocycles. The van der Waals surface area contributed by atoms with Crippen molar-refractivity contribution in [2.75, 3.05) is 17.2 Å². The Labute approximate surface area is 151 Å². The highest BCUT2D eigenvalue weighted by Crippen LogP contribution is 2.23. The second kappa shape index (κ2) is 7.57. The van der Waals surface area contributed by atoms with Crippen LogP contribution in [-0.2, 0) is 4.79 Å². The van der Waals surface area contributed by atoms with Gasteiger partial charge in [-0.15, -0.1) is 0 Å². The van der Waals surface area contributed by atoms with Crippen LogP contribution in [0.4, 0.5) is 11.4 Å². The average Bonchev–Trinajstić information content (AvgIpc) is 3.40. The summed E-state index contributed by atoms with van der Waals surface area (Å²) in [6.07, 6.45) is 2.08. The SMILES string of the molecule is Cc1c(Cl)cccc1NCC(=O)Nc1cccc(C(=O)NC2CC2)c1. The van der Waals surface area contributed by atoms with Crippen LogP contribution in [0.25, 0.3) is 0 Å². The second-order valence-corrected chi connectivity index (χ2v) is 6.55. The van der Waals surface area contributed by atoms with Crippen molar-refractivity contribution >= 4 is 34.8 Å². The number of hydrogen-bond donors (Lipinski definition) is 3. The standard InChI is InChI=1S/C19H20ClN3O2/c1-12-16(20)6-3-7-17(12)21-11-18(24)22-15-5-2-4-13(10-15)19(25)23-14-8-9-14/h2-7,10,14,21H,8-9,11H2,1H3,(H,22,24)(H,23,25). The fourth-order valence-corrected chi connectivity index (χ4v) is 2.59. The van der Waals surface area contributed by atoms with Crippen LogP contribution >= 0.6 is 11.6 Å². The molecule has 130 valence electrons. The molecule has 0 bridgehead atoms. The monoisotopic (exact) mass is 357 g/mol. The average molecular weight is 358 g/mol. The van der Waals surface area contributed by atoms with E-state index in [4.69, 9.17) is 11.6 Å². The first-order valence-corrected chi connectivity index (χ1v) is 8.60. The number of hydrogen-bond acceptors (Lipinski definition) is 3. The molecule has 0 unspecified atom stereocenters. The van der Waals surface area contributed by atoms with E-state index in [2.05, 4.69) is 16.0 Å². The number of benzene rings is 2. The fourth-order valence-electron chi connectivity index (χ4n) is 2.41. The Kier molecular flexibility index (Phi) is 5.24. The Bertz CT molecular complexity index is 803. The Morgan fingerprint density at radius 1 is 1.16 bits per heavy atom. The molecule has 0 aromatic heterocycles. The van der Waals surface area contributed by atoms with Gasteiger partial charge in [0.25, 0.3) is 5.91 Å². The van der Waals surface area contributed by atoms with Crippen LogP contribution in [0.15, 0.2) is 42.5 Å². The summed E-state index contributed by atoms with van der Waals surface area (Å²) in [4.78, 5) is 24.2. The topological polar surface area (TPSA) is 70.2 Å². The third-order valence-electron chi connectivity index (χ3n) is 4.03. The van der Waals surface area contributed by atoms with E-state index in [0.717, 1.165) is 24.1 Å². The molecular weight excluding hydrogens is 338 g/mol. The largest absolute Gasteiger partial charge is 0.376 e. The summed E-state index contributed by atoms with van der Waals surface area (Å²) in [5.41, 5.74) is 2.86. The van der Waals surface area contributed by atoms with Gasteiger partial charge in [0.05, 0.1) is 6.54 Å². The van der Waals surface area contributed by atoms with Crippen LogP contribution in [-0.4, -0.2) is 24.4 Å². The highest BCUT2D eigenvalue weighted by Gasteiger charge is 2.23. The van der Waals surface area contributed by atoms with Crippen molar-refractivity contribution in [2.45, 2.75) is 25.8 Å². The van der Waals surface area contributed by atoms with E-state index in [1.807, 2.05) is 19.1 Å². The maximum atomic E-state index is 12.1. The quantitative estimate of drug-likeness (QED) is 0.740. The molecule has 0 spiro atoms. The smallest absolute Gasteiger partial charge is 0.251 e. The number of nitrogens with one attached hydrogen (secondary N) is 3. The Hall–Kier alpha value is -2.53. The molecule has 3 N–H and O–H groups in total. The molecule has 0 radical (unpaired) electrons. The normalized spacial score (nSPS) is 13.2. The van der Waals surface area contributed by atoms with E-state index in [9.17, 15) is 9.59 Å². The van der Waals surface area contributed by atoms with Gasteiger partial charge in [0.2, 0.25) is 5.91 Å². The minimum atomic E-state index is -0.195. The summed E-state index contributed by atoms with van der Waals surface area (Å²) in [7, 11) is 0. The lowest BCUT2D eigenvalue weighted by Gasteiger charge is -2.11. The van der Waals surface area contributed by atoms with Crippen LogP contribution in [0.2, 0.25) is 5.02 Å². The molecule has 6 heteroatoms. The first-order chi connectivity index (χ1) is 12.0. The minimum absolute atomic E-state index is 0.105. The van der Waals surface area contributed by atoms with Gasteiger partial charge in [-0.25, -0.2) is 0 Å². The van der Waals surface area contributed by atoms with Crippen LogP contribution in [0, 0.1) is 6.92 Å². The Morgan fingerprint density at radius 3 is 2.68 bits per heavy atom. The molecule has 3 rings (SSSR count). The zero-order valence-corrected chi connectivity index (χ0v) is 14.7. The molecule has 1 fully saturated rings. The zero-order valence-electron chi connectivity index (χ0n) is 13.9. The molecule has 2 aromatic rings. The van der Waals surface area contributed by atoms with Crippen molar-refractivity contribution in [1.29, 1.82) is 0 Å². The summed E-state index contributed by atoms with van der Waals surface area (Å²) < 4.78 is 0. The van der Waals surface area contributed by atoms with Crippen molar-refractivity contribution in [3.8, 4) is 0 Å². The van der Waals surface area contributed by atoms with Gasteiger partial charge in [-0.05, 0) is 55.7 Å². The van der Waals surface area contributed by atoms with Crippen LogP contribution < -0.4 is 16.0 Å². The van der Waals surface area contributed by atoms with Gasteiger partial charge in [-0.3, -0.25) is 9.59 Å². The van der Waals surface area contributed by atoms with Crippen LogP contribution in [0.5, 0.6) is 0 Å². The molecule has 2 amide bonds. The molecule has 1 saturated carbocycles. The number of carbonyl (C=O) groups is 2. The lowest BCUT2D eigenvalue weighted by molar-refractivity contribution is -0.114. The second-order valence-electron chi connectivity index (χ2n) is 6.14. The third-order valence-corrected chi connectivity index (χ3v) is 4.44. The van der Waals surface area contributed by atoms with E-state index < -0.39 is 0 Å². The summed E-state index contributed by atoms with van der Waals surface area (Å²) in [6, 6.07) is 12.7. The summed E-state index contributed by atoms with van der Waals surface area (Å²) in [6.45, 7) is 2.00. The molecule has 25 heavy (non-hydrogen) atoms. The van der Waals surface area contributed by atoms with Crippen molar-refractivity contribution in [3.63, 3.8) is 0 Å². The van der Waals surface area contributed by atoms with E-state index in [0.29, 0.717) is 22.3 Å². The van der Waals surface area contributed by atoms with E-state index in [1.54, 1.807) is 30.3 Å². The van der Waals surface area contributed by atoms with E-state index in [1.165, 1.54) is 0 Å². The molecule has 0 heterocycles. The highest BCUT2D eigenvalue weighted by atomic mass is 35.5. The number of rotatable bonds is 6. The molecule has 2 aromatic carbocycles. The lowest BCUT2D eigenvalue weighted by Crippen LogP contribution is -2.26. The molecule has 0 saturated heterocycles. The lowest BCUT2D eigenvalue weighted by atomic mass is 10.2. The van der Waals surface area contributed by atoms with Crippen molar-refractivity contribution in [1.82, 2.24) is 5.32 Å². The predicted octanol–water partition coefficient (Wildman–Crippen LogP) is 3.59. The van der Waals surface area contributed by atoms with Gasteiger partial charge in [-0.1, -0.05) is 23.7 Å². The van der Waals surface area contributed by atoms with Gasteiger partial charge in [-0.2, -0.15) is 0 Å². The Balaban J connectivity index is 1.57. The maximum absolute atomic E-state index is 12.1. The highest BCUT2D eigenvalue weighted by molar-refractivity contribution is 6.31. The zero-order chi connectivity index (χ0) is 17.8. The van der Waals surface area contributed by atoms with Crippen molar-refractivity contribution in [2.24, 2.45) is 0 Å². The number of halogens is 1. The predicted molar refractivity (Wildman–Crippen MR) is 100 cm³/mol. The number of amides is 2. The molecule has 1 aliphatic rings. The maximum Gasteiger partial charge on any atom is 0.251 e. The van der Waals surface area contributed by atoms with Crippen LogP contribution in [0.3, 0.4) is 0 Å². The first-order valence-electron chi connectivity index (χ1n) is 8.22. The molecular formula is C19H20ClN3O2.